The molecular weight excluding hydrogens is 350 g/mol. The van der Waals surface area contributed by atoms with Gasteiger partial charge in [-0.3, -0.25) is 4.68 Å². The fourth-order valence-electron chi connectivity index (χ4n) is 2.85. The predicted molar refractivity (Wildman–Crippen MR) is 112 cm³/mol. The Balaban J connectivity index is 1.55. The molecule has 1 heterocycles. The fraction of sp³-hybridized carbons (Fsp3) is 0.348. The minimum absolute atomic E-state index is 0.00119. The molecule has 0 spiro atoms. The van der Waals surface area contributed by atoms with Gasteiger partial charge < -0.3 is 14.8 Å². The van der Waals surface area contributed by atoms with Crippen molar-refractivity contribution in [1.82, 2.24) is 15.1 Å². The Kier molecular flexibility index (Phi) is 6.37. The topological polar surface area (TPSA) is 48.3 Å². The number of benzene rings is 2. The summed E-state index contributed by atoms with van der Waals surface area (Å²) in [4.78, 5) is 0. The molecule has 1 N–H and O–H groups in total. The summed E-state index contributed by atoms with van der Waals surface area (Å²) in [6.45, 7) is 8.47. The number of hydrogen-bond acceptors (Lipinski definition) is 4. The summed E-state index contributed by atoms with van der Waals surface area (Å²) in [5, 5.41) is 7.90. The van der Waals surface area contributed by atoms with E-state index in [4.69, 9.17) is 9.47 Å². The van der Waals surface area contributed by atoms with E-state index < -0.39 is 0 Å². The van der Waals surface area contributed by atoms with Gasteiger partial charge in [0, 0.05) is 24.8 Å². The van der Waals surface area contributed by atoms with Crippen molar-refractivity contribution in [2.45, 2.75) is 46.0 Å². The lowest BCUT2D eigenvalue weighted by atomic mass is 10.1. The highest BCUT2D eigenvalue weighted by molar-refractivity contribution is 5.43. The quantitative estimate of drug-likeness (QED) is 0.625. The first-order valence-electron chi connectivity index (χ1n) is 9.54. The minimum Gasteiger partial charge on any atom is -0.493 e. The molecule has 0 aliphatic carbocycles. The van der Waals surface area contributed by atoms with Gasteiger partial charge in [-0.25, -0.2) is 0 Å². The van der Waals surface area contributed by atoms with Crippen molar-refractivity contribution >= 4 is 0 Å². The van der Waals surface area contributed by atoms with E-state index >= 15 is 0 Å². The molecule has 3 aromatic rings. The summed E-state index contributed by atoms with van der Waals surface area (Å²) in [6.07, 6.45) is 4.01. The van der Waals surface area contributed by atoms with Crippen molar-refractivity contribution in [3.63, 3.8) is 0 Å². The van der Waals surface area contributed by atoms with Gasteiger partial charge >= 0.3 is 0 Å². The van der Waals surface area contributed by atoms with Gasteiger partial charge in [-0.15, -0.1) is 0 Å². The van der Waals surface area contributed by atoms with Gasteiger partial charge in [-0.05, 0) is 44.0 Å². The number of rotatable bonds is 8. The SMILES string of the molecule is COc1cc(CNCc2cnn(C(C)(C)C)c2)ccc1OCc1ccccc1. The Bertz CT molecular complexity index is 882. The second-order valence-corrected chi connectivity index (χ2v) is 7.83. The predicted octanol–water partition coefficient (Wildman–Crippen LogP) is 4.52. The molecule has 2 aromatic carbocycles. The summed E-state index contributed by atoms with van der Waals surface area (Å²) in [5.41, 5.74) is 3.45. The van der Waals surface area contributed by atoms with Crippen LogP contribution in [0.1, 0.15) is 37.5 Å². The lowest BCUT2D eigenvalue weighted by molar-refractivity contribution is 0.284. The zero-order valence-corrected chi connectivity index (χ0v) is 17.1. The van der Waals surface area contributed by atoms with Crippen molar-refractivity contribution in [2.24, 2.45) is 0 Å². The monoisotopic (exact) mass is 379 g/mol. The number of ether oxygens (including phenoxy) is 2. The molecule has 0 radical (unpaired) electrons. The van der Waals surface area contributed by atoms with Gasteiger partial charge in [0.05, 0.1) is 18.8 Å². The van der Waals surface area contributed by atoms with E-state index in [0.717, 1.165) is 35.7 Å². The third-order valence-electron chi connectivity index (χ3n) is 4.45. The van der Waals surface area contributed by atoms with Crippen LogP contribution in [0.2, 0.25) is 0 Å². The van der Waals surface area contributed by atoms with E-state index in [9.17, 15) is 0 Å². The third kappa shape index (κ3) is 5.36. The average molecular weight is 380 g/mol. The van der Waals surface area contributed by atoms with Crippen molar-refractivity contribution in [3.8, 4) is 11.5 Å². The van der Waals surface area contributed by atoms with Gasteiger partial charge in [0.25, 0.3) is 0 Å². The Morgan fingerprint density at radius 3 is 2.36 bits per heavy atom. The summed E-state index contributed by atoms with van der Waals surface area (Å²) in [5.74, 6) is 1.50. The van der Waals surface area contributed by atoms with E-state index in [0.29, 0.717) is 6.61 Å². The Morgan fingerprint density at radius 1 is 0.929 bits per heavy atom. The molecule has 0 aliphatic heterocycles. The first-order chi connectivity index (χ1) is 13.5. The molecule has 0 saturated heterocycles. The molecule has 148 valence electrons. The molecule has 0 fully saturated rings. The molecule has 0 unspecified atom stereocenters. The number of aromatic nitrogens is 2. The van der Waals surface area contributed by atoms with Gasteiger partial charge in [-0.2, -0.15) is 5.10 Å². The Hall–Kier alpha value is -2.79. The van der Waals surface area contributed by atoms with E-state index in [-0.39, 0.29) is 5.54 Å². The van der Waals surface area contributed by atoms with Crippen LogP contribution in [0.5, 0.6) is 11.5 Å². The number of methoxy groups -OCH3 is 1. The molecule has 0 amide bonds. The van der Waals surface area contributed by atoms with Crippen LogP contribution >= 0.6 is 0 Å². The lowest BCUT2D eigenvalue weighted by Gasteiger charge is -2.18. The Labute approximate surface area is 167 Å². The third-order valence-corrected chi connectivity index (χ3v) is 4.45. The van der Waals surface area contributed by atoms with E-state index in [1.807, 2.05) is 53.3 Å². The molecule has 0 atom stereocenters. The summed E-state index contributed by atoms with van der Waals surface area (Å²) < 4.78 is 13.4. The molecule has 5 nitrogen and oxygen atoms in total. The minimum atomic E-state index is 0.00119. The second-order valence-electron chi connectivity index (χ2n) is 7.83. The van der Waals surface area contributed by atoms with Crippen LogP contribution in [0.4, 0.5) is 0 Å². The molecule has 1 aromatic heterocycles. The van der Waals surface area contributed by atoms with Crippen LogP contribution in [0.3, 0.4) is 0 Å². The first-order valence-corrected chi connectivity index (χ1v) is 9.54. The largest absolute Gasteiger partial charge is 0.493 e. The van der Waals surface area contributed by atoms with Gasteiger partial charge in [-0.1, -0.05) is 36.4 Å². The molecule has 0 aliphatic rings. The highest BCUT2D eigenvalue weighted by Crippen LogP contribution is 2.29. The van der Waals surface area contributed by atoms with Crippen LogP contribution in [0.25, 0.3) is 0 Å². The zero-order valence-electron chi connectivity index (χ0n) is 17.1. The van der Waals surface area contributed by atoms with Crippen molar-refractivity contribution in [1.29, 1.82) is 0 Å². The van der Waals surface area contributed by atoms with Crippen molar-refractivity contribution in [2.75, 3.05) is 7.11 Å². The number of nitrogens with one attached hydrogen (secondary N) is 1. The van der Waals surface area contributed by atoms with E-state index in [2.05, 4.69) is 43.4 Å². The fourth-order valence-corrected chi connectivity index (χ4v) is 2.85. The normalized spacial score (nSPS) is 11.4. The molecule has 0 saturated carbocycles. The van der Waals surface area contributed by atoms with Crippen LogP contribution in [0, 0.1) is 0 Å². The molecule has 5 heteroatoms. The first kappa shape index (κ1) is 20.0. The van der Waals surface area contributed by atoms with Crippen molar-refractivity contribution in [3.05, 3.63) is 77.6 Å². The standard InChI is InChI=1S/C23H29N3O2/c1-23(2,3)26-16-20(15-25-26)14-24-13-19-10-11-21(22(12-19)27-4)28-17-18-8-6-5-7-9-18/h5-12,15-16,24H,13-14,17H2,1-4H3. The highest BCUT2D eigenvalue weighted by atomic mass is 16.5. The summed E-state index contributed by atoms with van der Waals surface area (Å²) in [6, 6.07) is 16.2. The number of nitrogens with zero attached hydrogens (tertiary/aromatic N) is 2. The van der Waals surface area contributed by atoms with Gasteiger partial charge in [0.1, 0.15) is 6.61 Å². The summed E-state index contributed by atoms with van der Waals surface area (Å²) in [7, 11) is 1.67. The van der Waals surface area contributed by atoms with Gasteiger partial charge in [0.2, 0.25) is 0 Å². The molecular formula is C23H29N3O2. The molecule has 3 rings (SSSR count). The zero-order chi connectivity index (χ0) is 20.0. The maximum absolute atomic E-state index is 5.92. The van der Waals surface area contributed by atoms with Crippen LogP contribution in [-0.2, 0) is 25.2 Å². The highest BCUT2D eigenvalue weighted by Gasteiger charge is 2.13. The summed E-state index contributed by atoms with van der Waals surface area (Å²) >= 11 is 0. The van der Waals surface area contributed by atoms with Gasteiger partial charge in [0.15, 0.2) is 11.5 Å². The second kappa shape index (κ2) is 8.93. The smallest absolute Gasteiger partial charge is 0.161 e. The van der Waals surface area contributed by atoms with E-state index in [1.165, 1.54) is 5.56 Å². The van der Waals surface area contributed by atoms with Crippen molar-refractivity contribution < 1.29 is 9.47 Å². The maximum atomic E-state index is 5.92. The maximum Gasteiger partial charge on any atom is 0.161 e. The van der Waals surface area contributed by atoms with E-state index in [1.54, 1.807) is 7.11 Å². The lowest BCUT2D eigenvalue weighted by Crippen LogP contribution is -2.22. The number of hydrogen-bond donors (Lipinski definition) is 1. The van der Waals surface area contributed by atoms with Crippen LogP contribution in [0.15, 0.2) is 60.9 Å². The van der Waals surface area contributed by atoms with Crippen LogP contribution < -0.4 is 14.8 Å². The van der Waals surface area contributed by atoms with Crippen LogP contribution in [-0.4, -0.2) is 16.9 Å². The Morgan fingerprint density at radius 2 is 1.68 bits per heavy atom. The average Bonchev–Trinajstić information content (AvgIpc) is 3.17. The molecule has 28 heavy (non-hydrogen) atoms. The molecule has 0 bridgehead atoms.